The van der Waals surface area contributed by atoms with Crippen LogP contribution >= 0.6 is 11.8 Å². The highest BCUT2D eigenvalue weighted by molar-refractivity contribution is 7.99. The summed E-state index contributed by atoms with van der Waals surface area (Å²) >= 11 is 2.08. The zero-order valence-electron chi connectivity index (χ0n) is 9.60. The Labute approximate surface area is 88.1 Å². The van der Waals surface area contributed by atoms with Crippen LogP contribution in [-0.4, -0.2) is 24.1 Å². The van der Waals surface area contributed by atoms with E-state index in [-0.39, 0.29) is 0 Å². The van der Waals surface area contributed by atoms with E-state index in [0.717, 1.165) is 12.5 Å². The lowest BCUT2D eigenvalue weighted by molar-refractivity contribution is 0.555. The van der Waals surface area contributed by atoms with E-state index in [1.807, 2.05) is 0 Å². The summed E-state index contributed by atoms with van der Waals surface area (Å²) in [7, 11) is 0. The molecule has 2 unspecified atom stereocenters. The van der Waals surface area contributed by atoms with E-state index in [1.165, 1.54) is 24.3 Å². The van der Waals surface area contributed by atoms with Gasteiger partial charge < -0.3 is 5.32 Å². The van der Waals surface area contributed by atoms with Crippen LogP contribution in [0.15, 0.2) is 0 Å². The van der Waals surface area contributed by atoms with E-state index in [2.05, 4.69) is 44.8 Å². The molecule has 0 aromatic rings. The molecule has 0 bridgehead atoms. The Balaban J connectivity index is 3.08. The van der Waals surface area contributed by atoms with Crippen LogP contribution in [-0.2, 0) is 0 Å². The fraction of sp³-hybridized carbons (Fsp3) is 1.00. The first-order valence-corrected chi connectivity index (χ1v) is 6.67. The molecule has 0 aliphatic carbocycles. The van der Waals surface area contributed by atoms with Crippen molar-refractivity contribution in [3.63, 3.8) is 0 Å². The largest absolute Gasteiger partial charge is 0.313 e. The van der Waals surface area contributed by atoms with E-state index >= 15 is 0 Å². The van der Waals surface area contributed by atoms with Crippen molar-refractivity contribution in [2.75, 3.05) is 18.1 Å². The number of hydrogen-bond donors (Lipinski definition) is 1. The second-order valence-corrected chi connectivity index (χ2v) is 5.00. The Morgan fingerprint density at radius 1 is 1.15 bits per heavy atom. The highest BCUT2D eigenvalue weighted by Gasteiger charge is 1.99. The molecule has 13 heavy (non-hydrogen) atoms. The van der Waals surface area contributed by atoms with Gasteiger partial charge in [-0.1, -0.05) is 27.2 Å². The number of hydrogen-bond acceptors (Lipinski definition) is 2. The van der Waals surface area contributed by atoms with Gasteiger partial charge in [0.2, 0.25) is 0 Å². The molecule has 0 aromatic carbocycles. The molecule has 0 aromatic heterocycles. The lowest BCUT2D eigenvalue weighted by Gasteiger charge is -2.11. The quantitative estimate of drug-likeness (QED) is 0.608. The van der Waals surface area contributed by atoms with E-state index in [1.54, 1.807) is 0 Å². The molecule has 0 aliphatic rings. The summed E-state index contributed by atoms with van der Waals surface area (Å²) in [6.45, 7) is 10.2. The van der Waals surface area contributed by atoms with Crippen LogP contribution < -0.4 is 5.32 Å². The Hall–Kier alpha value is 0.310. The van der Waals surface area contributed by atoms with E-state index in [9.17, 15) is 0 Å². The van der Waals surface area contributed by atoms with Gasteiger partial charge in [0, 0.05) is 18.3 Å². The minimum absolute atomic E-state index is 0.684. The fourth-order valence-electron chi connectivity index (χ4n) is 0.924. The van der Waals surface area contributed by atoms with Gasteiger partial charge in [0.25, 0.3) is 0 Å². The van der Waals surface area contributed by atoms with Gasteiger partial charge in [0.1, 0.15) is 0 Å². The average Bonchev–Trinajstić information content (AvgIpc) is 2.16. The molecular formula is C11H25NS. The van der Waals surface area contributed by atoms with Crippen molar-refractivity contribution in [3.05, 3.63) is 0 Å². The van der Waals surface area contributed by atoms with Crippen LogP contribution in [0.3, 0.4) is 0 Å². The summed E-state index contributed by atoms with van der Waals surface area (Å²) in [5.41, 5.74) is 0. The Kier molecular flexibility index (Phi) is 9.10. The monoisotopic (exact) mass is 203 g/mol. The van der Waals surface area contributed by atoms with Crippen molar-refractivity contribution in [3.8, 4) is 0 Å². The van der Waals surface area contributed by atoms with Crippen molar-refractivity contribution in [1.82, 2.24) is 5.32 Å². The molecule has 0 heterocycles. The van der Waals surface area contributed by atoms with Crippen molar-refractivity contribution in [2.45, 2.75) is 46.6 Å². The molecule has 0 aliphatic heterocycles. The Bertz CT molecular complexity index is 94.3. The minimum Gasteiger partial charge on any atom is -0.313 e. The normalized spacial score (nSPS) is 15.7. The first-order chi connectivity index (χ1) is 6.20. The minimum atomic E-state index is 0.684. The highest BCUT2D eigenvalue weighted by Crippen LogP contribution is 2.10. The summed E-state index contributed by atoms with van der Waals surface area (Å²) in [5, 5.41) is 3.50. The smallest absolute Gasteiger partial charge is 0.00582 e. The standard InChI is InChI=1S/C11H25NS/c1-5-10(3)9-13-8-7-12-11(4)6-2/h10-12H,5-9H2,1-4H3. The second-order valence-electron chi connectivity index (χ2n) is 3.85. The maximum Gasteiger partial charge on any atom is 0.00582 e. The van der Waals surface area contributed by atoms with Crippen molar-refractivity contribution < 1.29 is 0 Å². The van der Waals surface area contributed by atoms with Crippen LogP contribution in [0.25, 0.3) is 0 Å². The molecular weight excluding hydrogens is 178 g/mol. The predicted molar refractivity (Wildman–Crippen MR) is 64.5 cm³/mol. The van der Waals surface area contributed by atoms with Crippen LogP contribution in [0, 0.1) is 5.92 Å². The third kappa shape index (κ3) is 8.63. The Morgan fingerprint density at radius 3 is 2.38 bits per heavy atom. The topological polar surface area (TPSA) is 12.0 Å². The lowest BCUT2D eigenvalue weighted by atomic mass is 10.2. The molecule has 1 N–H and O–H groups in total. The molecule has 1 nitrogen and oxygen atoms in total. The maximum atomic E-state index is 3.50. The molecule has 0 radical (unpaired) electrons. The summed E-state index contributed by atoms with van der Waals surface area (Å²) in [4.78, 5) is 0. The van der Waals surface area contributed by atoms with E-state index in [0.29, 0.717) is 6.04 Å². The second kappa shape index (κ2) is 8.89. The summed E-state index contributed by atoms with van der Waals surface area (Å²) in [6, 6.07) is 0.684. The van der Waals surface area contributed by atoms with Crippen LogP contribution in [0.1, 0.15) is 40.5 Å². The van der Waals surface area contributed by atoms with Gasteiger partial charge in [0.05, 0.1) is 0 Å². The SMILES string of the molecule is CCC(C)CSCCNC(C)CC. The van der Waals surface area contributed by atoms with Gasteiger partial charge in [-0.25, -0.2) is 0 Å². The average molecular weight is 203 g/mol. The highest BCUT2D eigenvalue weighted by atomic mass is 32.2. The molecule has 0 spiro atoms. The van der Waals surface area contributed by atoms with Crippen molar-refractivity contribution >= 4 is 11.8 Å². The summed E-state index contributed by atoms with van der Waals surface area (Å²) in [6.07, 6.45) is 2.54. The molecule has 0 rings (SSSR count). The third-order valence-corrected chi connectivity index (χ3v) is 3.75. The van der Waals surface area contributed by atoms with Gasteiger partial charge >= 0.3 is 0 Å². The van der Waals surface area contributed by atoms with Crippen LogP contribution in [0.2, 0.25) is 0 Å². The van der Waals surface area contributed by atoms with Crippen LogP contribution in [0.5, 0.6) is 0 Å². The van der Waals surface area contributed by atoms with Crippen molar-refractivity contribution in [1.29, 1.82) is 0 Å². The third-order valence-electron chi connectivity index (χ3n) is 2.45. The van der Waals surface area contributed by atoms with Gasteiger partial charge in [-0.05, 0) is 25.0 Å². The van der Waals surface area contributed by atoms with Crippen molar-refractivity contribution in [2.24, 2.45) is 5.92 Å². The zero-order valence-corrected chi connectivity index (χ0v) is 10.4. The molecule has 80 valence electrons. The number of rotatable bonds is 8. The summed E-state index contributed by atoms with van der Waals surface area (Å²) < 4.78 is 0. The van der Waals surface area contributed by atoms with Gasteiger partial charge in [-0.15, -0.1) is 0 Å². The molecule has 0 fully saturated rings. The van der Waals surface area contributed by atoms with Gasteiger partial charge in [-0.2, -0.15) is 11.8 Å². The van der Waals surface area contributed by atoms with E-state index in [4.69, 9.17) is 0 Å². The maximum absolute atomic E-state index is 3.50. The number of thioether (sulfide) groups is 1. The fourth-order valence-corrected chi connectivity index (χ4v) is 1.99. The molecule has 0 saturated heterocycles. The first kappa shape index (κ1) is 13.3. The van der Waals surface area contributed by atoms with Crippen LogP contribution in [0.4, 0.5) is 0 Å². The molecule has 2 atom stereocenters. The lowest BCUT2D eigenvalue weighted by Crippen LogP contribution is -2.27. The van der Waals surface area contributed by atoms with Gasteiger partial charge in [-0.3, -0.25) is 0 Å². The number of nitrogens with one attached hydrogen (secondary N) is 1. The first-order valence-electron chi connectivity index (χ1n) is 5.51. The molecule has 0 saturated carbocycles. The zero-order chi connectivity index (χ0) is 10.1. The molecule has 0 amide bonds. The van der Waals surface area contributed by atoms with E-state index < -0.39 is 0 Å². The molecule has 2 heteroatoms. The Morgan fingerprint density at radius 2 is 1.85 bits per heavy atom. The predicted octanol–water partition coefficient (Wildman–Crippen LogP) is 3.15. The summed E-state index contributed by atoms with van der Waals surface area (Å²) in [5.74, 6) is 3.46. The van der Waals surface area contributed by atoms with Gasteiger partial charge in [0.15, 0.2) is 0 Å².